The quantitative estimate of drug-likeness (QED) is 0.171. The molecule has 1 fully saturated rings. The van der Waals surface area contributed by atoms with Gasteiger partial charge in [0.05, 0.1) is 19.0 Å². The number of nitrogens with one attached hydrogen (secondary N) is 1. The third-order valence-electron chi connectivity index (χ3n) is 7.06. The Labute approximate surface area is 261 Å². The van der Waals surface area contributed by atoms with Crippen LogP contribution >= 0.6 is 23.4 Å². The lowest BCUT2D eigenvalue weighted by Crippen LogP contribution is -2.41. The molecule has 1 aliphatic rings. The van der Waals surface area contributed by atoms with Crippen LogP contribution in [0.25, 0.3) is 0 Å². The Hall–Kier alpha value is -3.92. The SMILES string of the molecule is Cc1cc(C)nc(SCC(=O)N(Cc2ccccc2)C(C(=O)Nc2ccc(N3CCOCC3)cc2)c2ccc(Cl)cc2)n1. The molecule has 0 aliphatic carbocycles. The van der Waals surface area contributed by atoms with Crippen LogP contribution in [0.2, 0.25) is 5.02 Å². The van der Waals surface area contributed by atoms with E-state index in [2.05, 4.69) is 20.2 Å². The minimum Gasteiger partial charge on any atom is -0.378 e. The van der Waals surface area contributed by atoms with E-state index >= 15 is 0 Å². The Morgan fingerprint density at radius 3 is 2.26 bits per heavy atom. The highest BCUT2D eigenvalue weighted by atomic mass is 35.5. The standard InChI is InChI=1S/C33H34ClN5O3S/c1-23-20-24(2)36-33(35-23)43-22-30(40)39(21-25-6-4-3-5-7-25)31(26-8-10-27(34)11-9-26)32(41)37-28-12-14-29(15-13-28)38-16-18-42-19-17-38/h3-15,20,31H,16-19,21-22H2,1-2H3,(H,37,41). The number of thioether (sulfide) groups is 1. The molecule has 0 bridgehead atoms. The maximum atomic E-state index is 14.1. The van der Waals surface area contributed by atoms with Gasteiger partial charge in [0.2, 0.25) is 5.91 Å². The molecular weight excluding hydrogens is 582 g/mol. The van der Waals surface area contributed by atoms with Gasteiger partial charge in [-0.25, -0.2) is 9.97 Å². The summed E-state index contributed by atoms with van der Waals surface area (Å²) in [6.07, 6.45) is 0. The molecule has 4 aromatic rings. The Kier molecular flexibility index (Phi) is 10.3. The summed E-state index contributed by atoms with van der Waals surface area (Å²) in [6, 6.07) is 25.4. The second-order valence-corrected chi connectivity index (χ2v) is 11.7. The van der Waals surface area contributed by atoms with Crippen molar-refractivity contribution in [3.05, 3.63) is 112 Å². The topological polar surface area (TPSA) is 87.7 Å². The van der Waals surface area contributed by atoms with Gasteiger partial charge in [-0.15, -0.1) is 0 Å². The first-order chi connectivity index (χ1) is 20.9. The summed E-state index contributed by atoms with van der Waals surface area (Å²) >= 11 is 7.47. The van der Waals surface area contributed by atoms with Gasteiger partial charge in [0, 0.05) is 47.4 Å². The fourth-order valence-electron chi connectivity index (χ4n) is 4.98. The van der Waals surface area contributed by atoms with E-state index in [1.165, 1.54) is 11.8 Å². The van der Waals surface area contributed by atoms with Crippen molar-refractivity contribution < 1.29 is 14.3 Å². The van der Waals surface area contributed by atoms with Crippen molar-refractivity contribution >= 4 is 46.6 Å². The highest BCUT2D eigenvalue weighted by Gasteiger charge is 2.32. The van der Waals surface area contributed by atoms with Gasteiger partial charge in [-0.05, 0) is 67.4 Å². The smallest absolute Gasteiger partial charge is 0.251 e. The minimum absolute atomic E-state index is 0.0708. The summed E-state index contributed by atoms with van der Waals surface area (Å²) in [7, 11) is 0. The van der Waals surface area contributed by atoms with E-state index in [-0.39, 0.29) is 24.1 Å². The molecule has 1 unspecified atom stereocenters. The number of morpholine rings is 1. The summed E-state index contributed by atoms with van der Waals surface area (Å²) in [5.41, 5.74) is 4.95. The molecule has 10 heteroatoms. The van der Waals surface area contributed by atoms with Gasteiger partial charge in [0.1, 0.15) is 6.04 Å². The number of halogens is 1. The number of carbonyl (C=O) groups is 2. The van der Waals surface area contributed by atoms with Crippen LogP contribution in [-0.2, 0) is 20.9 Å². The average Bonchev–Trinajstić information content (AvgIpc) is 3.01. The summed E-state index contributed by atoms with van der Waals surface area (Å²) < 4.78 is 5.46. The lowest BCUT2D eigenvalue weighted by molar-refractivity contribution is -0.137. The molecular formula is C33H34ClN5O3S. The normalized spacial score (nSPS) is 13.8. The number of carbonyl (C=O) groups excluding carboxylic acids is 2. The second-order valence-electron chi connectivity index (χ2n) is 10.3. The molecule has 1 N–H and O–H groups in total. The number of aromatic nitrogens is 2. The Morgan fingerprint density at radius 2 is 1.60 bits per heavy atom. The van der Waals surface area contributed by atoms with E-state index in [9.17, 15) is 9.59 Å². The Bertz CT molecular complexity index is 1510. The molecule has 1 saturated heterocycles. The molecule has 2 amide bonds. The lowest BCUT2D eigenvalue weighted by atomic mass is 10.0. The Morgan fingerprint density at radius 1 is 0.953 bits per heavy atom. The van der Waals surface area contributed by atoms with Gasteiger partial charge in [-0.1, -0.05) is 65.8 Å². The maximum Gasteiger partial charge on any atom is 0.251 e. The molecule has 0 radical (unpaired) electrons. The molecule has 1 aliphatic heterocycles. The van der Waals surface area contributed by atoms with Crippen molar-refractivity contribution in [2.75, 3.05) is 42.3 Å². The van der Waals surface area contributed by atoms with Gasteiger partial charge in [-0.2, -0.15) is 0 Å². The fraction of sp³-hybridized carbons (Fsp3) is 0.273. The van der Waals surface area contributed by atoms with Crippen molar-refractivity contribution in [3.8, 4) is 0 Å². The molecule has 43 heavy (non-hydrogen) atoms. The first kappa shape index (κ1) is 30.5. The van der Waals surface area contributed by atoms with E-state index in [4.69, 9.17) is 16.3 Å². The molecule has 2 heterocycles. The van der Waals surface area contributed by atoms with E-state index in [1.807, 2.05) is 74.5 Å². The van der Waals surface area contributed by atoms with E-state index in [1.54, 1.807) is 29.2 Å². The van der Waals surface area contributed by atoms with Crippen molar-refractivity contribution in [3.63, 3.8) is 0 Å². The highest BCUT2D eigenvalue weighted by molar-refractivity contribution is 7.99. The molecule has 3 aromatic carbocycles. The van der Waals surface area contributed by atoms with E-state index < -0.39 is 6.04 Å². The average molecular weight is 616 g/mol. The molecule has 0 spiro atoms. The summed E-state index contributed by atoms with van der Waals surface area (Å²) in [6.45, 7) is 7.08. The number of rotatable bonds is 10. The largest absolute Gasteiger partial charge is 0.378 e. The molecule has 0 saturated carbocycles. The van der Waals surface area contributed by atoms with E-state index in [0.29, 0.717) is 34.6 Å². The number of aryl methyl sites for hydroxylation is 2. The molecule has 222 valence electrons. The van der Waals surface area contributed by atoms with Crippen molar-refractivity contribution in [2.24, 2.45) is 0 Å². The number of nitrogens with zero attached hydrogens (tertiary/aromatic N) is 4. The second kappa shape index (κ2) is 14.5. The van der Waals surface area contributed by atoms with Crippen LogP contribution in [0, 0.1) is 13.8 Å². The third-order valence-corrected chi connectivity index (χ3v) is 8.14. The number of hydrogen-bond acceptors (Lipinski definition) is 7. The molecule has 1 aromatic heterocycles. The molecule has 8 nitrogen and oxygen atoms in total. The van der Waals surface area contributed by atoms with E-state index in [0.717, 1.165) is 35.7 Å². The van der Waals surface area contributed by atoms with Crippen LogP contribution < -0.4 is 10.2 Å². The van der Waals surface area contributed by atoms with Crippen LogP contribution in [0.1, 0.15) is 28.6 Å². The predicted molar refractivity (Wildman–Crippen MR) is 172 cm³/mol. The van der Waals surface area contributed by atoms with Crippen molar-refractivity contribution in [1.29, 1.82) is 0 Å². The zero-order valence-electron chi connectivity index (χ0n) is 24.2. The summed E-state index contributed by atoms with van der Waals surface area (Å²) in [5, 5.41) is 4.13. The molecule has 1 atom stereocenters. The summed E-state index contributed by atoms with van der Waals surface area (Å²) in [5.74, 6) is -0.464. The fourth-order valence-corrected chi connectivity index (χ4v) is 5.94. The summed E-state index contributed by atoms with van der Waals surface area (Å²) in [4.78, 5) is 40.9. The van der Waals surface area contributed by atoms with Crippen molar-refractivity contribution in [2.45, 2.75) is 31.6 Å². The first-order valence-electron chi connectivity index (χ1n) is 14.1. The lowest BCUT2D eigenvalue weighted by Gasteiger charge is -2.32. The minimum atomic E-state index is -0.912. The highest BCUT2D eigenvalue weighted by Crippen LogP contribution is 2.29. The predicted octanol–water partition coefficient (Wildman–Crippen LogP) is 6.08. The van der Waals surface area contributed by atoms with Gasteiger partial charge in [0.25, 0.3) is 5.91 Å². The Balaban J connectivity index is 1.43. The van der Waals surface area contributed by atoms with Gasteiger partial charge in [0.15, 0.2) is 5.16 Å². The van der Waals surface area contributed by atoms with Crippen LogP contribution in [0.5, 0.6) is 0 Å². The zero-order chi connectivity index (χ0) is 30.2. The van der Waals surface area contributed by atoms with Gasteiger partial charge in [-0.3, -0.25) is 9.59 Å². The van der Waals surface area contributed by atoms with Crippen LogP contribution in [0.4, 0.5) is 11.4 Å². The maximum absolute atomic E-state index is 14.1. The van der Waals surface area contributed by atoms with Crippen LogP contribution in [0.15, 0.2) is 90.1 Å². The number of amides is 2. The zero-order valence-corrected chi connectivity index (χ0v) is 25.8. The van der Waals surface area contributed by atoms with Gasteiger partial charge < -0.3 is 19.9 Å². The van der Waals surface area contributed by atoms with Gasteiger partial charge >= 0.3 is 0 Å². The third kappa shape index (κ3) is 8.34. The number of ether oxygens (including phenoxy) is 1. The number of hydrogen-bond donors (Lipinski definition) is 1. The number of benzene rings is 3. The van der Waals surface area contributed by atoms with Crippen molar-refractivity contribution in [1.82, 2.24) is 14.9 Å². The molecule has 5 rings (SSSR count). The first-order valence-corrected chi connectivity index (χ1v) is 15.5. The van der Waals surface area contributed by atoms with Crippen LogP contribution in [0.3, 0.4) is 0 Å². The monoisotopic (exact) mass is 615 g/mol. The van der Waals surface area contributed by atoms with Crippen LogP contribution in [-0.4, -0.2) is 58.7 Å². The number of anilines is 2.